The van der Waals surface area contributed by atoms with E-state index in [1.54, 1.807) is 12.1 Å². The Morgan fingerprint density at radius 3 is 2.79 bits per heavy atom. The number of Topliss-reactive ketones (excluding diaryl/α,β-unsaturated/α-hetero) is 1. The zero-order valence-corrected chi connectivity index (χ0v) is 10.9. The molecule has 19 heavy (non-hydrogen) atoms. The second-order valence-corrected chi connectivity index (χ2v) is 4.48. The lowest BCUT2D eigenvalue weighted by molar-refractivity contribution is -0.144. The monoisotopic (exact) mass is 264 g/mol. The first-order valence-corrected chi connectivity index (χ1v) is 6.20. The molecule has 0 saturated carbocycles. The summed E-state index contributed by atoms with van der Waals surface area (Å²) < 4.78 is 10.5. The average Bonchev–Trinajstić information content (AvgIpc) is 2.80. The van der Waals surface area contributed by atoms with Gasteiger partial charge in [-0.25, -0.2) is 4.79 Å². The summed E-state index contributed by atoms with van der Waals surface area (Å²) in [7, 11) is 1.48. The normalized spacial score (nSPS) is 16.6. The van der Waals surface area contributed by atoms with Gasteiger partial charge in [-0.05, 0) is 18.1 Å². The third-order valence-corrected chi connectivity index (χ3v) is 3.11. The van der Waals surface area contributed by atoms with E-state index in [9.17, 15) is 9.59 Å². The van der Waals surface area contributed by atoms with Crippen molar-refractivity contribution in [3.05, 3.63) is 23.3 Å². The number of carbonyl (C=O) groups is 2. The third-order valence-electron chi connectivity index (χ3n) is 3.11. The number of benzene rings is 1. The molecule has 1 N–H and O–H groups in total. The minimum absolute atomic E-state index is 0.000856. The van der Waals surface area contributed by atoms with Gasteiger partial charge in [-0.1, -0.05) is 6.92 Å². The largest absolute Gasteiger partial charge is 0.496 e. The fourth-order valence-corrected chi connectivity index (χ4v) is 2.16. The van der Waals surface area contributed by atoms with E-state index in [1.807, 2.05) is 6.92 Å². The minimum Gasteiger partial charge on any atom is -0.496 e. The number of ketones is 1. The Morgan fingerprint density at radius 2 is 2.21 bits per heavy atom. The molecule has 102 valence electrons. The molecule has 0 saturated heterocycles. The summed E-state index contributed by atoms with van der Waals surface area (Å²) >= 11 is 0. The van der Waals surface area contributed by atoms with Crippen LogP contribution in [0.1, 0.15) is 35.7 Å². The van der Waals surface area contributed by atoms with Gasteiger partial charge < -0.3 is 14.6 Å². The maximum absolute atomic E-state index is 12.0. The summed E-state index contributed by atoms with van der Waals surface area (Å²) in [6.45, 7) is 1.93. The van der Waals surface area contributed by atoms with Crippen LogP contribution in [0.2, 0.25) is 0 Å². The predicted octanol–water partition coefficient (Wildman–Crippen LogP) is 2.07. The fraction of sp³-hybridized carbons (Fsp3) is 0.429. The maximum Gasteiger partial charge on any atom is 0.345 e. The number of aliphatic carboxylic acids is 1. The highest BCUT2D eigenvalue weighted by molar-refractivity contribution is 5.99. The van der Waals surface area contributed by atoms with Gasteiger partial charge in [-0.2, -0.15) is 0 Å². The number of ether oxygens (including phenoxy) is 2. The van der Waals surface area contributed by atoms with Crippen molar-refractivity contribution in [2.45, 2.75) is 32.3 Å². The Morgan fingerprint density at radius 1 is 1.47 bits per heavy atom. The third kappa shape index (κ3) is 2.54. The van der Waals surface area contributed by atoms with Crippen molar-refractivity contribution in [2.24, 2.45) is 0 Å². The molecular formula is C14H16O5. The summed E-state index contributed by atoms with van der Waals surface area (Å²) in [6, 6.07) is 3.29. The molecule has 1 aromatic rings. The quantitative estimate of drug-likeness (QED) is 0.824. The average molecular weight is 264 g/mol. The number of hydrogen-bond acceptors (Lipinski definition) is 4. The van der Waals surface area contributed by atoms with Gasteiger partial charge in [0.15, 0.2) is 11.9 Å². The van der Waals surface area contributed by atoms with Crippen LogP contribution in [0.4, 0.5) is 0 Å². The highest BCUT2D eigenvalue weighted by atomic mass is 16.5. The smallest absolute Gasteiger partial charge is 0.345 e. The number of hydrogen-bond donors (Lipinski definition) is 1. The maximum atomic E-state index is 12.0. The lowest BCUT2D eigenvalue weighted by atomic mass is 10.0. The Balaban J connectivity index is 2.36. The first-order valence-electron chi connectivity index (χ1n) is 6.20. The molecule has 1 atom stereocenters. The van der Waals surface area contributed by atoms with Crippen molar-refractivity contribution < 1.29 is 24.2 Å². The highest BCUT2D eigenvalue weighted by Crippen LogP contribution is 2.35. The van der Waals surface area contributed by atoms with Gasteiger partial charge in [0.05, 0.1) is 12.7 Å². The van der Waals surface area contributed by atoms with Crippen LogP contribution in [0, 0.1) is 0 Å². The molecule has 1 heterocycles. The SMILES string of the molecule is CCCC(=O)c1cc2c(cc1OC)OC(C(=O)O)C2. The lowest BCUT2D eigenvalue weighted by Gasteiger charge is -2.09. The Hall–Kier alpha value is -2.04. The first-order chi connectivity index (χ1) is 9.06. The van der Waals surface area contributed by atoms with Crippen LogP contribution in [0.5, 0.6) is 11.5 Å². The number of methoxy groups -OCH3 is 1. The minimum atomic E-state index is -1.00. The number of carboxylic acid groups (broad SMARTS) is 1. The van der Waals surface area contributed by atoms with Crippen molar-refractivity contribution in [1.29, 1.82) is 0 Å². The number of rotatable bonds is 5. The van der Waals surface area contributed by atoms with Gasteiger partial charge in [0.25, 0.3) is 0 Å². The zero-order chi connectivity index (χ0) is 14.0. The summed E-state index contributed by atoms with van der Waals surface area (Å²) in [5.74, 6) is -0.0851. The predicted molar refractivity (Wildman–Crippen MR) is 68.0 cm³/mol. The fourth-order valence-electron chi connectivity index (χ4n) is 2.16. The Kier molecular flexibility index (Phi) is 3.74. The second kappa shape index (κ2) is 5.30. The zero-order valence-electron chi connectivity index (χ0n) is 10.9. The van der Waals surface area contributed by atoms with Crippen LogP contribution in [0.15, 0.2) is 12.1 Å². The standard InChI is InChI=1S/C14H16O5/c1-3-4-10(15)9-5-8-6-13(14(16)17)19-11(8)7-12(9)18-2/h5,7,13H,3-4,6H2,1-2H3,(H,16,17). The lowest BCUT2D eigenvalue weighted by Crippen LogP contribution is -2.24. The van der Waals surface area contributed by atoms with Gasteiger partial charge in [0, 0.05) is 18.9 Å². The van der Waals surface area contributed by atoms with E-state index in [4.69, 9.17) is 14.6 Å². The van der Waals surface area contributed by atoms with Crippen LogP contribution < -0.4 is 9.47 Å². The number of carbonyl (C=O) groups excluding carboxylic acids is 1. The molecule has 1 aliphatic heterocycles. The molecule has 5 nitrogen and oxygen atoms in total. The van der Waals surface area contributed by atoms with Crippen molar-refractivity contribution in [3.63, 3.8) is 0 Å². The molecule has 2 rings (SSSR count). The van der Waals surface area contributed by atoms with Gasteiger partial charge in [-0.15, -0.1) is 0 Å². The number of carboxylic acids is 1. The van der Waals surface area contributed by atoms with E-state index in [1.165, 1.54) is 7.11 Å². The van der Waals surface area contributed by atoms with Crippen LogP contribution >= 0.6 is 0 Å². The molecule has 0 aliphatic carbocycles. The number of fused-ring (bicyclic) bond motifs is 1. The van der Waals surface area contributed by atoms with Crippen LogP contribution in [0.25, 0.3) is 0 Å². The Bertz CT molecular complexity index is 521. The van der Waals surface area contributed by atoms with Crippen molar-refractivity contribution in [1.82, 2.24) is 0 Å². The molecule has 0 aromatic heterocycles. The summed E-state index contributed by atoms with van der Waals surface area (Å²) in [6.07, 6.45) is 0.600. The molecule has 0 spiro atoms. The highest BCUT2D eigenvalue weighted by Gasteiger charge is 2.30. The molecular weight excluding hydrogens is 248 g/mol. The van der Waals surface area contributed by atoms with Crippen molar-refractivity contribution >= 4 is 11.8 Å². The van der Waals surface area contributed by atoms with E-state index in [0.29, 0.717) is 23.5 Å². The summed E-state index contributed by atoms with van der Waals surface area (Å²) in [5, 5.41) is 8.95. The molecule has 0 amide bonds. The molecule has 1 aromatic carbocycles. The molecule has 0 fully saturated rings. The Labute approximate surface area is 111 Å². The van der Waals surface area contributed by atoms with Crippen molar-refractivity contribution in [3.8, 4) is 11.5 Å². The van der Waals surface area contributed by atoms with E-state index in [0.717, 1.165) is 12.0 Å². The van der Waals surface area contributed by atoms with Gasteiger partial charge in [0.2, 0.25) is 0 Å². The molecule has 0 radical (unpaired) electrons. The van der Waals surface area contributed by atoms with E-state index in [-0.39, 0.29) is 12.2 Å². The van der Waals surface area contributed by atoms with Crippen LogP contribution in [0.3, 0.4) is 0 Å². The van der Waals surface area contributed by atoms with Crippen LogP contribution in [-0.4, -0.2) is 30.1 Å². The summed E-state index contributed by atoms with van der Waals surface area (Å²) in [5.41, 5.74) is 1.24. The van der Waals surface area contributed by atoms with E-state index in [2.05, 4.69) is 0 Å². The van der Waals surface area contributed by atoms with Crippen molar-refractivity contribution in [2.75, 3.05) is 7.11 Å². The summed E-state index contributed by atoms with van der Waals surface area (Å²) in [4.78, 5) is 22.9. The van der Waals surface area contributed by atoms with Crippen LogP contribution in [-0.2, 0) is 11.2 Å². The molecule has 1 aliphatic rings. The van der Waals surface area contributed by atoms with Gasteiger partial charge in [-0.3, -0.25) is 4.79 Å². The second-order valence-electron chi connectivity index (χ2n) is 4.48. The van der Waals surface area contributed by atoms with Gasteiger partial charge in [0.1, 0.15) is 11.5 Å². The first kappa shape index (κ1) is 13.4. The molecule has 1 unspecified atom stereocenters. The molecule has 5 heteroatoms. The van der Waals surface area contributed by atoms with Gasteiger partial charge >= 0.3 is 5.97 Å². The topological polar surface area (TPSA) is 72.8 Å². The van der Waals surface area contributed by atoms with E-state index < -0.39 is 12.1 Å². The van der Waals surface area contributed by atoms with E-state index >= 15 is 0 Å². The molecule has 0 bridgehead atoms.